The lowest BCUT2D eigenvalue weighted by atomic mass is 10.0. The molecular weight excluding hydrogens is 494 g/mol. The van der Waals surface area contributed by atoms with E-state index in [9.17, 15) is 9.59 Å². The molecule has 0 bridgehead atoms. The molecule has 200 valence electrons. The van der Waals surface area contributed by atoms with Crippen molar-refractivity contribution in [3.8, 4) is 17.1 Å². The van der Waals surface area contributed by atoms with E-state index in [1.165, 1.54) is 0 Å². The van der Waals surface area contributed by atoms with Crippen LogP contribution in [0.3, 0.4) is 0 Å². The number of carbonyl (C=O) groups is 2. The fourth-order valence-corrected chi connectivity index (χ4v) is 6.52. The topological polar surface area (TPSA) is 71.3 Å². The van der Waals surface area contributed by atoms with Crippen molar-refractivity contribution in [1.82, 2.24) is 24.6 Å². The molecule has 5 rings (SSSR count). The van der Waals surface area contributed by atoms with Crippen LogP contribution in [0.25, 0.3) is 17.1 Å². The summed E-state index contributed by atoms with van der Waals surface area (Å²) in [4.78, 5) is 29.8. The maximum atomic E-state index is 13.0. The van der Waals surface area contributed by atoms with Gasteiger partial charge in [0.05, 0.1) is 5.69 Å². The number of hydrogen-bond acceptors (Lipinski definition) is 5. The molecule has 1 saturated heterocycles. The van der Waals surface area contributed by atoms with Crippen LogP contribution in [0.5, 0.6) is 0 Å². The van der Waals surface area contributed by atoms with Crippen molar-refractivity contribution < 1.29 is 9.59 Å². The van der Waals surface area contributed by atoms with Gasteiger partial charge in [-0.15, -0.1) is 10.2 Å². The molecule has 1 aromatic heterocycles. The standard InChI is InChI=1S/C30H37N5O2S/c1-22-11-6-9-16-26(22)35-28(24-12-4-3-5-13-24)31-32-30(35)38-20-10-17-27(36)33-18-19-34(23(2)21-33)29(37)25-14-7-8-15-25/h3-6,9,11-13,16,23,25H,7-8,10,14-15,17-21H2,1-2H3/t23-/m0/s1. The summed E-state index contributed by atoms with van der Waals surface area (Å²) in [5.74, 6) is 2.26. The van der Waals surface area contributed by atoms with Crippen molar-refractivity contribution in [2.24, 2.45) is 5.92 Å². The second kappa shape index (κ2) is 12.2. The number of nitrogens with zero attached hydrogens (tertiary/aromatic N) is 5. The Morgan fingerprint density at radius 2 is 1.71 bits per heavy atom. The summed E-state index contributed by atoms with van der Waals surface area (Å²) in [5, 5.41) is 9.89. The molecule has 0 spiro atoms. The monoisotopic (exact) mass is 531 g/mol. The second-order valence-corrected chi connectivity index (χ2v) is 11.5. The van der Waals surface area contributed by atoms with Gasteiger partial charge in [-0.1, -0.05) is 73.1 Å². The van der Waals surface area contributed by atoms with Gasteiger partial charge in [0.1, 0.15) is 0 Å². The Labute approximate surface area is 229 Å². The summed E-state index contributed by atoms with van der Waals surface area (Å²) in [6.07, 6.45) is 5.63. The first-order valence-electron chi connectivity index (χ1n) is 13.8. The maximum Gasteiger partial charge on any atom is 0.226 e. The summed E-state index contributed by atoms with van der Waals surface area (Å²) in [6, 6.07) is 18.5. The van der Waals surface area contributed by atoms with Crippen molar-refractivity contribution in [3.05, 3.63) is 60.2 Å². The lowest BCUT2D eigenvalue weighted by molar-refractivity contribution is -0.145. The van der Waals surface area contributed by atoms with Gasteiger partial charge in [0.2, 0.25) is 11.8 Å². The van der Waals surface area contributed by atoms with Gasteiger partial charge in [-0.25, -0.2) is 0 Å². The van der Waals surface area contributed by atoms with Gasteiger partial charge in [-0.3, -0.25) is 14.2 Å². The lowest BCUT2D eigenvalue weighted by Gasteiger charge is -2.41. The minimum absolute atomic E-state index is 0.0826. The van der Waals surface area contributed by atoms with Crippen LogP contribution in [0, 0.1) is 12.8 Å². The molecule has 1 atom stereocenters. The number of thioether (sulfide) groups is 1. The van der Waals surface area contributed by atoms with Crippen molar-refractivity contribution >= 4 is 23.6 Å². The van der Waals surface area contributed by atoms with Crippen LogP contribution in [0.15, 0.2) is 59.8 Å². The molecule has 2 aromatic carbocycles. The molecule has 0 radical (unpaired) electrons. The highest BCUT2D eigenvalue weighted by molar-refractivity contribution is 7.99. The number of para-hydroxylation sites is 1. The van der Waals surface area contributed by atoms with Gasteiger partial charge in [0.15, 0.2) is 11.0 Å². The van der Waals surface area contributed by atoms with E-state index in [0.29, 0.717) is 32.0 Å². The fraction of sp³-hybridized carbons (Fsp3) is 0.467. The number of aryl methyl sites for hydroxylation is 1. The Balaban J connectivity index is 1.18. The Morgan fingerprint density at radius 3 is 2.45 bits per heavy atom. The molecular formula is C30H37N5O2S. The molecule has 2 fully saturated rings. The van der Waals surface area contributed by atoms with Crippen LogP contribution in [0.1, 0.15) is 51.0 Å². The number of aromatic nitrogens is 3. The van der Waals surface area contributed by atoms with E-state index >= 15 is 0 Å². The van der Waals surface area contributed by atoms with Crippen molar-refractivity contribution in [1.29, 1.82) is 0 Å². The van der Waals surface area contributed by atoms with Crippen LogP contribution < -0.4 is 0 Å². The highest BCUT2D eigenvalue weighted by Crippen LogP contribution is 2.30. The van der Waals surface area contributed by atoms with Gasteiger partial charge in [0, 0.05) is 49.3 Å². The van der Waals surface area contributed by atoms with Crippen LogP contribution in [-0.2, 0) is 9.59 Å². The zero-order chi connectivity index (χ0) is 26.5. The summed E-state index contributed by atoms with van der Waals surface area (Å²) < 4.78 is 2.12. The normalized spacial score (nSPS) is 18.2. The minimum Gasteiger partial charge on any atom is -0.339 e. The molecule has 0 unspecified atom stereocenters. The Morgan fingerprint density at radius 1 is 0.974 bits per heavy atom. The molecule has 2 heterocycles. The Kier molecular flexibility index (Phi) is 8.47. The number of benzene rings is 2. The first kappa shape index (κ1) is 26.5. The zero-order valence-electron chi connectivity index (χ0n) is 22.4. The highest BCUT2D eigenvalue weighted by Gasteiger charge is 2.34. The van der Waals surface area contributed by atoms with Crippen LogP contribution >= 0.6 is 11.8 Å². The highest BCUT2D eigenvalue weighted by atomic mass is 32.2. The van der Waals surface area contributed by atoms with Gasteiger partial charge in [-0.05, 0) is 44.7 Å². The largest absolute Gasteiger partial charge is 0.339 e. The third kappa shape index (κ3) is 5.80. The molecule has 38 heavy (non-hydrogen) atoms. The molecule has 1 aliphatic carbocycles. The SMILES string of the molecule is Cc1ccccc1-n1c(SCCCC(=O)N2CCN(C(=O)C3CCCC3)[C@@H](C)C2)nnc1-c1ccccc1. The molecule has 1 aliphatic heterocycles. The second-order valence-electron chi connectivity index (χ2n) is 10.4. The number of carbonyl (C=O) groups excluding carboxylic acids is 2. The van der Waals surface area contributed by atoms with Crippen LogP contribution in [-0.4, -0.2) is 67.8 Å². The van der Waals surface area contributed by atoms with Gasteiger partial charge >= 0.3 is 0 Å². The summed E-state index contributed by atoms with van der Waals surface area (Å²) in [5.41, 5.74) is 3.24. The number of amides is 2. The predicted molar refractivity (Wildman–Crippen MR) is 151 cm³/mol. The molecule has 7 nitrogen and oxygen atoms in total. The number of hydrogen-bond donors (Lipinski definition) is 0. The fourth-order valence-electron chi connectivity index (χ4n) is 5.63. The van der Waals surface area contributed by atoms with Gasteiger partial charge in [0.25, 0.3) is 0 Å². The van der Waals surface area contributed by atoms with E-state index in [4.69, 9.17) is 0 Å². The molecule has 0 N–H and O–H groups in total. The van der Waals surface area contributed by atoms with Crippen molar-refractivity contribution in [2.75, 3.05) is 25.4 Å². The average Bonchev–Trinajstić information content (AvgIpc) is 3.62. The van der Waals surface area contributed by atoms with E-state index in [0.717, 1.165) is 65.7 Å². The predicted octanol–water partition coefficient (Wildman–Crippen LogP) is 5.36. The molecule has 2 aliphatic rings. The average molecular weight is 532 g/mol. The molecule has 1 saturated carbocycles. The number of piperazine rings is 1. The van der Waals surface area contributed by atoms with E-state index in [1.807, 2.05) is 52.3 Å². The summed E-state index contributed by atoms with van der Waals surface area (Å²) >= 11 is 1.64. The van der Waals surface area contributed by atoms with E-state index in [-0.39, 0.29) is 17.9 Å². The van der Waals surface area contributed by atoms with Crippen LogP contribution in [0.4, 0.5) is 0 Å². The molecule has 3 aromatic rings. The van der Waals surface area contributed by atoms with E-state index < -0.39 is 0 Å². The molecule has 2 amide bonds. The minimum atomic E-state index is 0.0826. The quantitative estimate of drug-likeness (QED) is 0.289. The van der Waals surface area contributed by atoms with E-state index in [1.54, 1.807) is 11.8 Å². The lowest BCUT2D eigenvalue weighted by Crippen LogP contribution is -2.56. The summed E-state index contributed by atoms with van der Waals surface area (Å²) in [7, 11) is 0. The first-order chi connectivity index (χ1) is 18.5. The Hall–Kier alpha value is -3.13. The van der Waals surface area contributed by atoms with E-state index in [2.05, 4.69) is 40.7 Å². The number of rotatable bonds is 8. The third-order valence-electron chi connectivity index (χ3n) is 7.76. The van der Waals surface area contributed by atoms with Crippen molar-refractivity contribution in [3.63, 3.8) is 0 Å². The molecule has 8 heteroatoms. The summed E-state index contributed by atoms with van der Waals surface area (Å²) in [6.45, 7) is 6.09. The Bertz CT molecular complexity index is 1250. The zero-order valence-corrected chi connectivity index (χ0v) is 23.2. The maximum absolute atomic E-state index is 13.0. The van der Waals surface area contributed by atoms with Gasteiger partial charge < -0.3 is 9.80 Å². The smallest absolute Gasteiger partial charge is 0.226 e. The third-order valence-corrected chi connectivity index (χ3v) is 8.77. The van der Waals surface area contributed by atoms with Crippen molar-refractivity contribution in [2.45, 2.75) is 63.6 Å². The van der Waals surface area contributed by atoms with Gasteiger partial charge in [-0.2, -0.15) is 0 Å². The first-order valence-corrected chi connectivity index (χ1v) is 14.8. The van der Waals surface area contributed by atoms with Crippen LogP contribution in [0.2, 0.25) is 0 Å².